The maximum atomic E-state index is 11.9. The molecule has 0 atom stereocenters. The lowest BCUT2D eigenvalue weighted by molar-refractivity contribution is 0.298. The third kappa shape index (κ3) is 5.01. The van der Waals surface area contributed by atoms with Crippen LogP contribution in [0.15, 0.2) is 12.1 Å². The fourth-order valence-electron chi connectivity index (χ4n) is 1.64. The lowest BCUT2D eigenvalue weighted by Crippen LogP contribution is -2.08. The summed E-state index contributed by atoms with van der Waals surface area (Å²) in [5.74, 6) is 0.663. The molecule has 0 amide bonds. The van der Waals surface area contributed by atoms with Gasteiger partial charge in [-0.2, -0.15) is 0 Å². The summed E-state index contributed by atoms with van der Waals surface area (Å²) in [4.78, 5) is 0. The van der Waals surface area contributed by atoms with Crippen molar-refractivity contribution in [1.82, 2.24) is 5.32 Å². The second kappa shape index (κ2) is 8.57. The summed E-state index contributed by atoms with van der Waals surface area (Å²) in [6.45, 7) is 0.908. The summed E-state index contributed by atoms with van der Waals surface area (Å²) in [5, 5.41) is 4.15. The molecule has 0 bridgehead atoms. The van der Waals surface area contributed by atoms with Gasteiger partial charge in [0.05, 0.1) is 18.3 Å². The molecule has 1 N–H and O–H groups in total. The fraction of sp³-hybridized carbons (Fsp3) is 0.538. The first-order chi connectivity index (χ1) is 8.69. The first-order valence-corrected chi connectivity index (χ1v) is 6.76. The van der Waals surface area contributed by atoms with Gasteiger partial charge in [-0.15, -0.1) is 0 Å². The minimum absolute atomic E-state index is 0.271. The molecule has 0 aromatic heterocycles. The lowest BCUT2D eigenvalue weighted by atomic mass is 10.2. The van der Waals surface area contributed by atoms with Gasteiger partial charge in [0, 0.05) is 17.1 Å². The molecule has 0 saturated carbocycles. The van der Waals surface area contributed by atoms with Gasteiger partial charge in [0.15, 0.2) is 0 Å². The highest BCUT2D eigenvalue weighted by Crippen LogP contribution is 2.32. The summed E-state index contributed by atoms with van der Waals surface area (Å²) in [5.41, 5.74) is 0.931. The highest BCUT2D eigenvalue weighted by Gasteiger charge is 2.10. The number of halogens is 3. The van der Waals surface area contributed by atoms with Crippen LogP contribution in [-0.4, -0.2) is 20.3 Å². The zero-order chi connectivity index (χ0) is 13.4. The first kappa shape index (κ1) is 15.5. The molecule has 1 aromatic rings. The molecule has 0 unspecified atom stereocenters. The Bertz CT molecular complexity index is 374. The number of hydrogen-bond acceptors (Lipinski definition) is 2. The van der Waals surface area contributed by atoms with E-state index in [0.29, 0.717) is 35.4 Å². The van der Waals surface area contributed by atoms with Crippen LogP contribution in [0.3, 0.4) is 0 Å². The molecule has 1 aromatic carbocycles. The van der Waals surface area contributed by atoms with Crippen molar-refractivity contribution < 1.29 is 9.13 Å². The van der Waals surface area contributed by atoms with Gasteiger partial charge in [0.1, 0.15) is 5.75 Å². The lowest BCUT2D eigenvalue weighted by Gasteiger charge is -2.13. The van der Waals surface area contributed by atoms with Gasteiger partial charge in [-0.3, -0.25) is 4.39 Å². The molecular weight excluding hydrogens is 276 g/mol. The second-order valence-electron chi connectivity index (χ2n) is 4.00. The van der Waals surface area contributed by atoms with Crippen molar-refractivity contribution in [3.05, 3.63) is 27.7 Å². The molecule has 2 nitrogen and oxygen atoms in total. The summed E-state index contributed by atoms with van der Waals surface area (Å²) in [6, 6.07) is 3.50. The largest absolute Gasteiger partial charge is 0.492 e. The Hall–Kier alpha value is -0.510. The van der Waals surface area contributed by atoms with Gasteiger partial charge in [-0.1, -0.05) is 23.2 Å². The Morgan fingerprint density at radius 2 is 2.00 bits per heavy atom. The van der Waals surface area contributed by atoms with Crippen molar-refractivity contribution in [3.8, 4) is 5.75 Å². The molecule has 102 valence electrons. The van der Waals surface area contributed by atoms with Crippen LogP contribution in [-0.2, 0) is 6.54 Å². The van der Waals surface area contributed by atoms with Crippen molar-refractivity contribution in [3.63, 3.8) is 0 Å². The Morgan fingerprint density at radius 1 is 1.22 bits per heavy atom. The molecule has 0 aliphatic carbocycles. The van der Waals surface area contributed by atoms with E-state index >= 15 is 0 Å². The standard InChI is InChI=1S/C13H18Cl2FNO/c1-17-9-10-7-11(14)8-12(15)13(10)18-6-4-2-3-5-16/h7-8,17H,2-6,9H2,1H3. The number of nitrogens with one attached hydrogen (secondary N) is 1. The third-order valence-corrected chi connectivity index (χ3v) is 2.98. The maximum absolute atomic E-state index is 11.9. The molecular formula is C13H18Cl2FNO. The monoisotopic (exact) mass is 293 g/mol. The number of ether oxygens (including phenoxy) is 1. The van der Waals surface area contributed by atoms with Crippen LogP contribution >= 0.6 is 23.2 Å². The summed E-state index contributed by atoms with van der Waals surface area (Å²) in [6.07, 6.45) is 2.23. The molecule has 0 aliphatic heterocycles. The SMILES string of the molecule is CNCc1cc(Cl)cc(Cl)c1OCCCCCF. The minimum atomic E-state index is -0.271. The van der Waals surface area contributed by atoms with Crippen molar-refractivity contribution in [1.29, 1.82) is 0 Å². The van der Waals surface area contributed by atoms with Crippen molar-refractivity contribution in [2.45, 2.75) is 25.8 Å². The molecule has 0 heterocycles. The zero-order valence-electron chi connectivity index (χ0n) is 10.4. The van der Waals surface area contributed by atoms with Crippen molar-refractivity contribution >= 4 is 23.2 Å². The van der Waals surface area contributed by atoms with Crippen LogP contribution in [0.5, 0.6) is 5.75 Å². The topological polar surface area (TPSA) is 21.3 Å². The van der Waals surface area contributed by atoms with Gasteiger partial charge in [0.2, 0.25) is 0 Å². The molecule has 0 saturated heterocycles. The minimum Gasteiger partial charge on any atom is -0.492 e. The van der Waals surface area contributed by atoms with E-state index in [2.05, 4.69) is 5.32 Å². The van der Waals surface area contributed by atoms with Crippen LogP contribution in [0.2, 0.25) is 10.0 Å². The second-order valence-corrected chi connectivity index (χ2v) is 4.85. The van der Waals surface area contributed by atoms with Crippen LogP contribution in [0.1, 0.15) is 24.8 Å². The van der Waals surface area contributed by atoms with E-state index in [-0.39, 0.29) is 6.67 Å². The Kier molecular flexibility index (Phi) is 7.40. The van der Waals surface area contributed by atoms with Gasteiger partial charge in [-0.05, 0) is 38.4 Å². The molecule has 0 radical (unpaired) electrons. The summed E-state index contributed by atoms with van der Waals surface area (Å²) in [7, 11) is 1.85. The molecule has 0 fully saturated rings. The smallest absolute Gasteiger partial charge is 0.142 e. The van der Waals surface area contributed by atoms with Crippen LogP contribution in [0.4, 0.5) is 4.39 Å². The summed E-state index contributed by atoms with van der Waals surface area (Å²) >= 11 is 12.1. The van der Waals surface area contributed by atoms with E-state index in [9.17, 15) is 4.39 Å². The predicted octanol–water partition coefficient (Wildman–Crippen LogP) is 4.23. The van der Waals surface area contributed by atoms with Gasteiger partial charge >= 0.3 is 0 Å². The highest BCUT2D eigenvalue weighted by molar-refractivity contribution is 6.35. The average molecular weight is 294 g/mol. The van der Waals surface area contributed by atoms with Gasteiger partial charge in [0.25, 0.3) is 0 Å². The molecule has 0 spiro atoms. The van der Waals surface area contributed by atoms with Crippen LogP contribution < -0.4 is 10.1 Å². The normalized spacial score (nSPS) is 10.7. The Labute approximate surface area is 117 Å². The van der Waals surface area contributed by atoms with E-state index in [1.54, 1.807) is 6.07 Å². The van der Waals surface area contributed by atoms with E-state index in [4.69, 9.17) is 27.9 Å². The number of rotatable bonds is 8. The molecule has 1 rings (SSSR count). The predicted molar refractivity (Wildman–Crippen MR) is 74.5 cm³/mol. The van der Waals surface area contributed by atoms with E-state index in [0.717, 1.165) is 18.4 Å². The zero-order valence-corrected chi connectivity index (χ0v) is 12.0. The van der Waals surface area contributed by atoms with Gasteiger partial charge in [-0.25, -0.2) is 0 Å². The Morgan fingerprint density at radius 3 is 2.67 bits per heavy atom. The quantitative estimate of drug-likeness (QED) is 0.724. The van der Waals surface area contributed by atoms with Crippen molar-refractivity contribution in [2.75, 3.05) is 20.3 Å². The number of alkyl halides is 1. The highest BCUT2D eigenvalue weighted by atomic mass is 35.5. The van der Waals surface area contributed by atoms with E-state index < -0.39 is 0 Å². The third-order valence-electron chi connectivity index (χ3n) is 2.48. The van der Waals surface area contributed by atoms with Crippen LogP contribution in [0, 0.1) is 0 Å². The molecule has 18 heavy (non-hydrogen) atoms. The molecule has 5 heteroatoms. The number of benzene rings is 1. The fourth-order valence-corrected chi connectivity index (χ4v) is 2.23. The van der Waals surface area contributed by atoms with Gasteiger partial charge < -0.3 is 10.1 Å². The van der Waals surface area contributed by atoms with Crippen molar-refractivity contribution in [2.24, 2.45) is 0 Å². The first-order valence-electron chi connectivity index (χ1n) is 6.00. The number of hydrogen-bond donors (Lipinski definition) is 1. The summed E-state index contributed by atoms with van der Waals surface area (Å²) < 4.78 is 17.6. The van der Waals surface area contributed by atoms with E-state index in [1.807, 2.05) is 13.1 Å². The maximum Gasteiger partial charge on any atom is 0.142 e. The van der Waals surface area contributed by atoms with E-state index in [1.165, 1.54) is 0 Å². The van der Waals surface area contributed by atoms with Crippen LogP contribution in [0.25, 0.3) is 0 Å². The Balaban J connectivity index is 2.62. The molecule has 0 aliphatic rings. The number of unbranched alkanes of at least 4 members (excludes halogenated alkanes) is 2. The average Bonchev–Trinajstić information content (AvgIpc) is 2.32.